The van der Waals surface area contributed by atoms with Crippen molar-refractivity contribution in [3.63, 3.8) is 0 Å². The Bertz CT molecular complexity index is 1130. The standard InChI is InChI=1S/C21H17N3O2S/c1-2-11-24-20(26)19(12-14-13-22-18-6-4-3-5-17(14)18)27-21(24)23-15-7-9-16(25)10-8-15/h2-10,12-13,25-26H,1,11H2/b14-12+,23-21?. The Balaban J connectivity index is 1.82. The number of thiazole rings is 1. The first-order valence-corrected chi connectivity index (χ1v) is 9.20. The number of para-hydroxylation sites is 1. The highest BCUT2D eigenvalue weighted by atomic mass is 32.1. The summed E-state index contributed by atoms with van der Waals surface area (Å²) >= 11 is 1.38. The lowest BCUT2D eigenvalue weighted by atomic mass is 10.1. The summed E-state index contributed by atoms with van der Waals surface area (Å²) < 4.78 is 1.70. The molecule has 1 aromatic heterocycles. The van der Waals surface area contributed by atoms with Crippen LogP contribution in [0.2, 0.25) is 0 Å². The van der Waals surface area contributed by atoms with Crippen LogP contribution in [0.1, 0.15) is 10.4 Å². The van der Waals surface area contributed by atoms with Crippen molar-refractivity contribution in [1.29, 1.82) is 0 Å². The molecule has 0 amide bonds. The van der Waals surface area contributed by atoms with Crippen LogP contribution in [0.25, 0.3) is 11.6 Å². The lowest BCUT2D eigenvalue weighted by Crippen LogP contribution is -2.12. The Morgan fingerprint density at radius 3 is 2.67 bits per heavy atom. The summed E-state index contributed by atoms with van der Waals surface area (Å²) in [5.74, 6) is 0.328. The van der Waals surface area contributed by atoms with E-state index in [1.54, 1.807) is 41.1 Å². The van der Waals surface area contributed by atoms with Crippen LogP contribution in [0.15, 0.2) is 71.2 Å². The van der Waals surface area contributed by atoms with Crippen molar-refractivity contribution in [2.24, 2.45) is 9.98 Å². The second-order valence-electron chi connectivity index (χ2n) is 5.98. The van der Waals surface area contributed by atoms with Gasteiger partial charge in [0.05, 0.1) is 16.3 Å². The number of nitrogens with zero attached hydrogens (tertiary/aromatic N) is 3. The van der Waals surface area contributed by atoms with Crippen molar-refractivity contribution in [1.82, 2.24) is 4.57 Å². The van der Waals surface area contributed by atoms with Crippen molar-refractivity contribution >= 4 is 40.6 Å². The van der Waals surface area contributed by atoms with Gasteiger partial charge in [-0.1, -0.05) is 35.6 Å². The van der Waals surface area contributed by atoms with Gasteiger partial charge in [-0.25, -0.2) is 4.99 Å². The molecule has 2 aromatic carbocycles. The van der Waals surface area contributed by atoms with Crippen molar-refractivity contribution in [2.45, 2.75) is 6.54 Å². The Morgan fingerprint density at radius 1 is 1.11 bits per heavy atom. The lowest BCUT2D eigenvalue weighted by Gasteiger charge is -2.01. The van der Waals surface area contributed by atoms with Crippen LogP contribution in [0.5, 0.6) is 11.6 Å². The van der Waals surface area contributed by atoms with Gasteiger partial charge in [0.15, 0.2) is 4.80 Å². The molecule has 0 fully saturated rings. The maximum atomic E-state index is 10.7. The van der Waals surface area contributed by atoms with E-state index in [9.17, 15) is 10.2 Å². The first-order valence-electron chi connectivity index (χ1n) is 8.38. The minimum Gasteiger partial charge on any atom is -0.508 e. The van der Waals surface area contributed by atoms with Gasteiger partial charge in [-0.15, -0.1) is 6.58 Å². The number of rotatable bonds is 4. The van der Waals surface area contributed by atoms with Crippen molar-refractivity contribution < 1.29 is 10.2 Å². The number of phenols is 1. The molecule has 2 N–H and O–H groups in total. The molecule has 0 bridgehead atoms. The van der Waals surface area contributed by atoms with Crippen LogP contribution < -0.4 is 4.80 Å². The van der Waals surface area contributed by atoms with E-state index in [4.69, 9.17) is 0 Å². The summed E-state index contributed by atoms with van der Waals surface area (Å²) in [6, 6.07) is 14.5. The average Bonchev–Trinajstić information content (AvgIpc) is 3.21. The molecule has 0 unspecified atom stereocenters. The first kappa shape index (κ1) is 17.1. The zero-order valence-corrected chi connectivity index (χ0v) is 15.2. The van der Waals surface area contributed by atoms with Gasteiger partial charge in [0, 0.05) is 23.9 Å². The monoisotopic (exact) mass is 375 g/mol. The highest BCUT2D eigenvalue weighted by Crippen LogP contribution is 2.34. The van der Waals surface area contributed by atoms with Crippen LogP contribution in [0.4, 0.5) is 11.4 Å². The lowest BCUT2D eigenvalue weighted by molar-refractivity contribution is 0.421. The quantitative estimate of drug-likeness (QED) is 0.653. The molecule has 27 heavy (non-hydrogen) atoms. The first-order chi connectivity index (χ1) is 13.2. The van der Waals surface area contributed by atoms with Gasteiger partial charge in [-0.05, 0) is 36.4 Å². The predicted molar refractivity (Wildman–Crippen MR) is 110 cm³/mol. The van der Waals surface area contributed by atoms with E-state index in [2.05, 4.69) is 16.6 Å². The molecule has 2 heterocycles. The predicted octanol–water partition coefficient (Wildman–Crippen LogP) is 4.64. The maximum Gasteiger partial charge on any atom is 0.211 e. The number of aromatic hydroxyl groups is 2. The molecular weight excluding hydrogens is 358 g/mol. The minimum atomic E-state index is 0.141. The molecule has 1 aliphatic rings. The SMILES string of the molecule is C=CCn1c(O)c(/C=C2\C=Nc3ccccc32)sc1=Nc1ccc(O)cc1. The molecule has 134 valence electrons. The van der Waals surface area contributed by atoms with E-state index in [1.807, 2.05) is 30.3 Å². The maximum absolute atomic E-state index is 10.7. The molecule has 3 aromatic rings. The summed E-state index contributed by atoms with van der Waals surface area (Å²) in [5, 5.41) is 20.1. The summed E-state index contributed by atoms with van der Waals surface area (Å²) in [6.07, 6.45) is 5.44. The number of hydrogen-bond donors (Lipinski definition) is 2. The number of allylic oxidation sites excluding steroid dienone is 2. The normalized spacial score (nSPS) is 14.7. The van der Waals surface area contributed by atoms with E-state index < -0.39 is 0 Å². The van der Waals surface area contributed by atoms with E-state index >= 15 is 0 Å². The third kappa shape index (κ3) is 3.35. The topological polar surface area (TPSA) is 70.1 Å². The molecule has 0 atom stereocenters. The summed E-state index contributed by atoms with van der Waals surface area (Å²) in [4.78, 5) is 10.4. The summed E-state index contributed by atoms with van der Waals surface area (Å²) in [6.45, 7) is 4.20. The Morgan fingerprint density at radius 2 is 1.89 bits per heavy atom. The smallest absolute Gasteiger partial charge is 0.211 e. The second-order valence-corrected chi connectivity index (χ2v) is 6.98. The zero-order valence-electron chi connectivity index (χ0n) is 14.4. The zero-order chi connectivity index (χ0) is 18.8. The number of phenolic OH excluding ortho intramolecular Hbond substituents is 1. The van der Waals surface area contributed by atoms with Gasteiger partial charge in [-0.3, -0.25) is 9.56 Å². The Kier molecular flexibility index (Phi) is 4.48. The molecule has 0 aliphatic carbocycles. The van der Waals surface area contributed by atoms with E-state index in [1.165, 1.54) is 11.3 Å². The van der Waals surface area contributed by atoms with E-state index in [0.717, 1.165) is 16.8 Å². The molecule has 5 nitrogen and oxygen atoms in total. The molecule has 0 radical (unpaired) electrons. The fraction of sp³-hybridized carbons (Fsp3) is 0.0476. The Labute approximate surface area is 160 Å². The largest absolute Gasteiger partial charge is 0.508 e. The van der Waals surface area contributed by atoms with E-state index in [-0.39, 0.29) is 11.6 Å². The number of hydrogen-bond acceptors (Lipinski definition) is 5. The number of aliphatic imine (C=N–C) groups is 1. The Hall–Kier alpha value is -3.38. The van der Waals surface area contributed by atoms with Gasteiger partial charge in [0.1, 0.15) is 5.75 Å². The van der Waals surface area contributed by atoms with Gasteiger partial charge < -0.3 is 10.2 Å². The van der Waals surface area contributed by atoms with Crippen molar-refractivity contribution in [3.05, 3.63) is 76.4 Å². The molecular formula is C21H17N3O2S. The molecule has 0 saturated heterocycles. The van der Waals surface area contributed by atoms with Crippen molar-refractivity contribution in [2.75, 3.05) is 0 Å². The highest BCUT2D eigenvalue weighted by Gasteiger charge is 2.15. The molecule has 0 spiro atoms. The number of fused-ring (bicyclic) bond motifs is 1. The number of benzene rings is 2. The van der Waals surface area contributed by atoms with Crippen molar-refractivity contribution in [3.8, 4) is 11.6 Å². The number of aromatic nitrogens is 1. The van der Waals surface area contributed by atoms with Crippen LogP contribution >= 0.6 is 11.3 Å². The summed E-state index contributed by atoms with van der Waals surface area (Å²) in [7, 11) is 0. The molecule has 4 rings (SSSR count). The molecule has 6 heteroatoms. The van der Waals surface area contributed by atoms with E-state index in [0.29, 0.717) is 21.9 Å². The minimum absolute atomic E-state index is 0.141. The van der Waals surface area contributed by atoms with Crippen LogP contribution in [-0.4, -0.2) is 21.0 Å². The fourth-order valence-electron chi connectivity index (χ4n) is 2.83. The van der Waals surface area contributed by atoms with Gasteiger partial charge in [0.25, 0.3) is 0 Å². The second kappa shape index (κ2) is 7.09. The molecule has 1 aliphatic heterocycles. The fourth-order valence-corrected chi connectivity index (χ4v) is 3.83. The summed E-state index contributed by atoms with van der Waals surface area (Å²) in [5.41, 5.74) is 3.60. The van der Waals surface area contributed by atoms with Gasteiger partial charge >= 0.3 is 0 Å². The van der Waals surface area contributed by atoms with Gasteiger partial charge in [-0.2, -0.15) is 0 Å². The third-order valence-corrected chi connectivity index (χ3v) is 5.15. The highest BCUT2D eigenvalue weighted by molar-refractivity contribution is 7.10. The third-order valence-electron chi connectivity index (χ3n) is 4.14. The van der Waals surface area contributed by atoms with Crippen LogP contribution in [-0.2, 0) is 6.54 Å². The van der Waals surface area contributed by atoms with Gasteiger partial charge in [0.2, 0.25) is 5.88 Å². The molecule has 0 saturated carbocycles. The average molecular weight is 375 g/mol. The van der Waals surface area contributed by atoms with Crippen LogP contribution in [0, 0.1) is 0 Å². The van der Waals surface area contributed by atoms with Crippen LogP contribution in [0.3, 0.4) is 0 Å².